The van der Waals surface area contributed by atoms with Gasteiger partial charge in [-0.15, -0.1) is 0 Å². The smallest absolute Gasteiger partial charge is 0.393 e. The van der Waals surface area contributed by atoms with Crippen LogP contribution in [-0.4, -0.2) is 27.5 Å². The summed E-state index contributed by atoms with van der Waals surface area (Å²) in [5.74, 6) is 0. The highest BCUT2D eigenvalue weighted by molar-refractivity contribution is 5.27. The van der Waals surface area contributed by atoms with Gasteiger partial charge in [0.15, 0.2) is 5.69 Å². The molecule has 0 amide bonds. The molecule has 1 aromatic heterocycles. The van der Waals surface area contributed by atoms with Crippen LogP contribution in [0.3, 0.4) is 0 Å². The first-order valence-corrected chi connectivity index (χ1v) is 5.28. The molecule has 1 heterocycles. The molecule has 1 aliphatic rings. The maximum atomic E-state index is 12.5. The number of nitrogens with two attached hydrogens (primary N) is 1. The summed E-state index contributed by atoms with van der Waals surface area (Å²) in [5, 5.41) is 12.8. The topological polar surface area (TPSA) is 64.1 Å². The second-order valence-corrected chi connectivity index (χ2v) is 4.58. The third-order valence-electron chi connectivity index (χ3n) is 3.36. The molecule has 0 atom stereocenters. The predicted molar refractivity (Wildman–Crippen MR) is 54.2 cm³/mol. The molecule has 0 radical (unpaired) electrons. The van der Waals surface area contributed by atoms with Crippen molar-refractivity contribution in [2.75, 3.05) is 6.54 Å². The maximum Gasteiger partial charge on any atom is 0.435 e. The Morgan fingerprint density at radius 1 is 1.59 bits per heavy atom. The molecular weight excluding hydrogens is 235 g/mol. The number of hydrogen-bond donors (Lipinski definition) is 2. The first kappa shape index (κ1) is 12.4. The van der Waals surface area contributed by atoms with Crippen molar-refractivity contribution < 1.29 is 18.3 Å². The number of aryl methyl sites for hydroxylation is 1. The van der Waals surface area contributed by atoms with Crippen LogP contribution >= 0.6 is 0 Å². The van der Waals surface area contributed by atoms with Crippen LogP contribution in [0.1, 0.15) is 24.2 Å². The largest absolute Gasteiger partial charge is 0.435 e. The fourth-order valence-corrected chi connectivity index (χ4v) is 2.42. The van der Waals surface area contributed by atoms with Gasteiger partial charge in [0.1, 0.15) is 0 Å². The summed E-state index contributed by atoms with van der Waals surface area (Å²) in [6.07, 6.45) is -4.16. The molecule has 1 aliphatic carbocycles. The molecule has 96 valence electrons. The highest BCUT2D eigenvalue weighted by Crippen LogP contribution is 2.44. The Bertz CT molecular complexity index is 421. The quantitative estimate of drug-likeness (QED) is 0.814. The molecular formula is C10H14F3N3O. The first-order chi connectivity index (χ1) is 7.78. The van der Waals surface area contributed by atoms with E-state index in [2.05, 4.69) is 5.10 Å². The fraction of sp³-hybridized carbons (Fsp3) is 0.700. The molecule has 1 aromatic rings. The van der Waals surface area contributed by atoms with E-state index in [0.29, 0.717) is 18.5 Å². The Balaban J connectivity index is 2.36. The van der Waals surface area contributed by atoms with E-state index in [0.717, 1.165) is 6.07 Å². The Hall–Kier alpha value is -1.08. The van der Waals surface area contributed by atoms with Gasteiger partial charge < -0.3 is 10.8 Å². The van der Waals surface area contributed by atoms with Gasteiger partial charge in [-0.2, -0.15) is 18.3 Å². The molecule has 0 bridgehead atoms. The SMILES string of the molecule is Cn1nc(C(F)(F)F)cc1C1(CN)CC(O)C1. The van der Waals surface area contributed by atoms with Gasteiger partial charge in [-0.1, -0.05) is 0 Å². The van der Waals surface area contributed by atoms with E-state index in [9.17, 15) is 18.3 Å². The van der Waals surface area contributed by atoms with Crippen LogP contribution in [0.25, 0.3) is 0 Å². The van der Waals surface area contributed by atoms with Gasteiger partial charge in [-0.05, 0) is 18.9 Å². The molecule has 7 heteroatoms. The number of aromatic nitrogens is 2. The van der Waals surface area contributed by atoms with E-state index in [1.807, 2.05) is 0 Å². The monoisotopic (exact) mass is 249 g/mol. The summed E-state index contributed by atoms with van der Waals surface area (Å²) in [6.45, 7) is 0.209. The Morgan fingerprint density at radius 2 is 2.18 bits per heavy atom. The molecule has 4 nitrogen and oxygen atoms in total. The summed E-state index contributed by atoms with van der Waals surface area (Å²) < 4.78 is 38.8. The van der Waals surface area contributed by atoms with Gasteiger partial charge in [-0.25, -0.2) is 0 Å². The minimum atomic E-state index is -4.45. The Morgan fingerprint density at radius 3 is 2.53 bits per heavy atom. The van der Waals surface area contributed by atoms with Crippen molar-refractivity contribution in [3.05, 3.63) is 17.5 Å². The van der Waals surface area contributed by atoms with Crippen molar-refractivity contribution in [2.45, 2.75) is 30.5 Å². The molecule has 0 unspecified atom stereocenters. The van der Waals surface area contributed by atoms with E-state index in [1.54, 1.807) is 0 Å². The standard InChI is InChI=1S/C10H14F3N3O/c1-16-8(2-7(15-16)10(11,12)13)9(5-14)3-6(17)4-9/h2,6,17H,3-5,14H2,1H3. The second kappa shape index (κ2) is 3.71. The average molecular weight is 249 g/mol. The van der Waals surface area contributed by atoms with Gasteiger partial charge in [0, 0.05) is 24.7 Å². The number of aliphatic hydroxyl groups is 1. The molecule has 0 saturated heterocycles. The molecule has 2 rings (SSSR count). The highest BCUT2D eigenvalue weighted by atomic mass is 19.4. The second-order valence-electron chi connectivity index (χ2n) is 4.58. The summed E-state index contributed by atoms with van der Waals surface area (Å²) in [7, 11) is 1.46. The molecule has 0 aliphatic heterocycles. The minimum Gasteiger partial charge on any atom is -0.393 e. The van der Waals surface area contributed by atoms with E-state index in [4.69, 9.17) is 5.73 Å². The van der Waals surface area contributed by atoms with Crippen molar-refractivity contribution in [3.8, 4) is 0 Å². The van der Waals surface area contributed by atoms with Gasteiger partial charge in [0.2, 0.25) is 0 Å². The summed E-state index contributed by atoms with van der Waals surface area (Å²) >= 11 is 0. The van der Waals surface area contributed by atoms with E-state index in [1.165, 1.54) is 11.7 Å². The van der Waals surface area contributed by atoms with Gasteiger partial charge in [0.25, 0.3) is 0 Å². The number of alkyl halides is 3. The van der Waals surface area contributed by atoms with E-state index < -0.39 is 23.4 Å². The number of halogens is 3. The summed E-state index contributed by atoms with van der Waals surface area (Å²) in [6, 6.07) is 1.03. The third-order valence-corrected chi connectivity index (χ3v) is 3.36. The zero-order chi connectivity index (χ0) is 12.8. The number of hydrogen-bond acceptors (Lipinski definition) is 3. The van der Waals surface area contributed by atoms with Crippen LogP contribution in [0.5, 0.6) is 0 Å². The molecule has 1 saturated carbocycles. The Labute approximate surface area is 96.2 Å². The average Bonchev–Trinajstić information content (AvgIpc) is 2.55. The fourth-order valence-electron chi connectivity index (χ4n) is 2.42. The van der Waals surface area contributed by atoms with Crippen molar-refractivity contribution >= 4 is 0 Å². The van der Waals surface area contributed by atoms with E-state index in [-0.39, 0.29) is 6.54 Å². The van der Waals surface area contributed by atoms with Gasteiger partial charge >= 0.3 is 6.18 Å². The van der Waals surface area contributed by atoms with Crippen molar-refractivity contribution in [3.63, 3.8) is 0 Å². The predicted octanol–water partition coefficient (Wildman–Crippen LogP) is 0.790. The van der Waals surface area contributed by atoms with Crippen LogP contribution in [0.2, 0.25) is 0 Å². The summed E-state index contributed by atoms with van der Waals surface area (Å²) in [5.41, 5.74) is 4.58. The van der Waals surface area contributed by atoms with Crippen molar-refractivity contribution in [1.82, 2.24) is 9.78 Å². The first-order valence-electron chi connectivity index (χ1n) is 5.28. The normalized spacial score (nSPS) is 29.2. The minimum absolute atomic E-state index is 0.209. The number of aliphatic hydroxyl groups excluding tert-OH is 1. The molecule has 17 heavy (non-hydrogen) atoms. The van der Waals surface area contributed by atoms with Gasteiger partial charge in [-0.3, -0.25) is 4.68 Å². The van der Waals surface area contributed by atoms with Crippen molar-refractivity contribution in [1.29, 1.82) is 0 Å². The lowest BCUT2D eigenvalue weighted by Crippen LogP contribution is -2.50. The molecule has 1 fully saturated rings. The van der Waals surface area contributed by atoms with Gasteiger partial charge in [0.05, 0.1) is 6.10 Å². The number of nitrogens with zero attached hydrogens (tertiary/aromatic N) is 2. The van der Waals surface area contributed by atoms with Crippen molar-refractivity contribution in [2.24, 2.45) is 12.8 Å². The lowest BCUT2D eigenvalue weighted by Gasteiger charge is -2.44. The summed E-state index contributed by atoms with van der Waals surface area (Å²) in [4.78, 5) is 0. The molecule has 3 N–H and O–H groups in total. The zero-order valence-corrected chi connectivity index (χ0v) is 9.33. The van der Waals surface area contributed by atoms with Crippen LogP contribution < -0.4 is 5.73 Å². The van der Waals surface area contributed by atoms with E-state index >= 15 is 0 Å². The van der Waals surface area contributed by atoms with Crippen LogP contribution in [0.4, 0.5) is 13.2 Å². The lowest BCUT2D eigenvalue weighted by molar-refractivity contribution is -0.141. The molecule has 0 aromatic carbocycles. The zero-order valence-electron chi connectivity index (χ0n) is 9.33. The number of rotatable bonds is 2. The Kier molecular flexibility index (Phi) is 2.70. The third kappa shape index (κ3) is 1.93. The van der Waals surface area contributed by atoms with Crippen LogP contribution in [0, 0.1) is 0 Å². The highest BCUT2D eigenvalue weighted by Gasteiger charge is 2.47. The molecule has 0 spiro atoms. The lowest BCUT2D eigenvalue weighted by atomic mass is 9.64. The van der Waals surface area contributed by atoms with Crippen LogP contribution in [0.15, 0.2) is 6.07 Å². The van der Waals surface area contributed by atoms with Crippen LogP contribution in [-0.2, 0) is 18.6 Å². The maximum absolute atomic E-state index is 12.5.